The summed E-state index contributed by atoms with van der Waals surface area (Å²) >= 11 is 0. The van der Waals surface area contributed by atoms with Gasteiger partial charge in [0.15, 0.2) is 14.6 Å². The Morgan fingerprint density at radius 1 is 1.28 bits per heavy atom. The number of nitrogens with one attached hydrogen (secondary N) is 1. The van der Waals surface area contributed by atoms with Crippen LogP contribution in [0, 0.1) is 0 Å². The van der Waals surface area contributed by atoms with Crippen LogP contribution in [0.1, 0.15) is 20.1 Å². The second kappa shape index (κ2) is 11.2. The number of ether oxygens (including phenoxy) is 1. The van der Waals surface area contributed by atoms with Crippen molar-refractivity contribution in [3.63, 3.8) is 0 Å². The zero-order valence-corrected chi connectivity index (χ0v) is 17.2. The van der Waals surface area contributed by atoms with Gasteiger partial charge in [0.25, 0.3) is 5.56 Å². The highest BCUT2D eigenvalue weighted by Gasteiger charge is 2.45. The van der Waals surface area contributed by atoms with Crippen molar-refractivity contribution in [3.8, 4) is 0 Å². The highest BCUT2D eigenvalue weighted by Crippen LogP contribution is 2.38. The first-order chi connectivity index (χ1) is 13.7. The van der Waals surface area contributed by atoms with E-state index >= 15 is 0 Å². The van der Waals surface area contributed by atoms with Crippen molar-refractivity contribution < 1.29 is 31.8 Å². The van der Waals surface area contributed by atoms with Crippen LogP contribution in [0.2, 0.25) is 0 Å². The molecule has 164 valence electrons. The predicted molar refractivity (Wildman–Crippen MR) is 99.3 cm³/mol. The molecule has 0 saturated carbocycles. The summed E-state index contributed by atoms with van der Waals surface area (Å²) in [5, 5.41) is 0. The average Bonchev–Trinajstić information content (AvgIpc) is 2.68. The molecule has 0 radical (unpaired) electrons. The number of halogens is 3. The minimum Gasteiger partial charge on any atom is -0.347 e. The van der Waals surface area contributed by atoms with Gasteiger partial charge in [0.2, 0.25) is 0 Å². The summed E-state index contributed by atoms with van der Waals surface area (Å²) in [4.78, 5) is 37.3. The smallest absolute Gasteiger partial charge is 0.347 e. The van der Waals surface area contributed by atoms with Gasteiger partial charge >= 0.3 is 17.8 Å². The van der Waals surface area contributed by atoms with Crippen LogP contribution in [0.25, 0.3) is 0 Å². The summed E-state index contributed by atoms with van der Waals surface area (Å²) < 4.78 is 55.1. The molecular weight excluding hydrogens is 418 g/mol. The molecule has 1 aliphatic rings. The molecule has 2 heterocycles. The van der Waals surface area contributed by atoms with Gasteiger partial charge in [-0.1, -0.05) is 13.8 Å². The molecule has 1 aromatic heterocycles. The lowest BCUT2D eigenvalue weighted by Gasteiger charge is -2.37. The minimum atomic E-state index is -5.07. The normalized spacial score (nSPS) is 19.9. The fourth-order valence-electron chi connectivity index (χ4n) is 2.39. The number of hydrogen-bond acceptors (Lipinski definition) is 6. The van der Waals surface area contributed by atoms with Gasteiger partial charge in [0, 0.05) is 26.5 Å². The molecule has 1 N–H and O–H groups in total. The highest BCUT2D eigenvalue weighted by atomic mass is 31.2. The van der Waals surface area contributed by atoms with E-state index in [1.54, 1.807) is 0 Å². The van der Waals surface area contributed by atoms with Crippen LogP contribution in [-0.2, 0) is 18.6 Å². The van der Waals surface area contributed by atoms with E-state index in [0.29, 0.717) is 4.90 Å². The van der Waals surface area contributed by atoms with E-state index in [1.165, 1.54) is 26.1 Å². The number of aromatic amines is 1. The second-order valence-electron chi connectivity index (χ2n) is 5.35. The molecule has 0 bridgehead atoms. The van der Waals surface area contributed by atoms with Crippen molar-refractivity contribution in [2.45, 2.75) is 32.4 Å². The van der Waals surface area contributed by atoms with Crippen LogP contribution >= 0.6 is 8.38 Å². The van der Waals surface area contributed by atoms with Crippen molar-refractivity contribution in [1.29, 1.82) is 0 Å². The van der Waals surface area contributed by atoms with Gasteiger partial charge in [-0.3, -0.25) is 19.1 Å². The lowest BCUT2D eigenvalue weighted by molar-refractivity contribution is -0.196. The topological polar surface area (TPSA) is 103 Å². The second-order valence-corrected chi connectivity index (χ2v) is 6.95. The van der Waals surface area contributed by atoms with Crippen molar-refractivity contribution >= 4 is 14.3 Å². The molecule has 0 aromatic carbocycles. The maximum atomic E-state index is 12.8. The fraction of sp³-hybridized carbons (Fsp3) is 0.562. The molecule has 1 fully saturated rings. The lowest BCUT2D eigenvalue weighted by atomic mass is 10.2. The molecule has 2 atom stereocenters. The largest absolute Gasteiger partial charge is 0.471 e. The first-order valence-corrected chi connectivity index (χ1v) is 9.79. The Hall–Kier alpha value is -2.01. The number of amides is 1. The summed E-state index contributed by atoms with van der Waals surface area (Å²) in [7, 11) is 1.37. The fourth-order valence-corrected chi connectivity index (χ4v) is 3.11. The molecule has 2 rings (SSSR count). The van der Waals surface area contributed by atoms with E-state index in [2.05, 4.69) is 0 Å². The van der Waals surface area contributed by atoms with Gasteiger partial charge in [-0.15, -0.1) is 0 Å². The number of morpholine rings is 1. The molecule has 9 nitrogen and oxygen atoms in total. The van der Waals surface area contributed by atoms with Crippen molar-refractivity contribution in [3.05, 3.63) is 45.0 Å². The van der Waals surface area contributed by atoms with Crippen molar-refractivity contribution in [2.24, 2.45) is 0 Å². The lowest BCUT2D eigenvalue weighted by Crippen LogP contribution is -2.53. The molecule has 0 spiro atoms. The minimum absolute atomic E-state index is 0.375. The van der Waals surface area contributed by atoms with Crippen LogP contribution in [-0.4, -0.2) is 59.9 Å². The van der Waals surface area contributed by atoms with E-state index in [9.17, 15) is 27.6 Å². The van der Waals surface area contributed by atoms with Gasteiger partial charge < -0.3 is 18.7 Å². The van der Waals surface area contributed by atoms with Crippen LogP contribution in [0.3, 0.4) is 0 Å². The molecule has 13 heteroatoms. The highest BCUT2D eigenvalue weighted by molar-refractivity contribution is 7.50. The van der Waals surface area contributed by atoms with E-state index in [4.69, 9.17) is 13.8 Å². The predicted octanol–water partition coefficient (Wildman–Crippen LogP) is 1.97. The Morgan fingerprint density at radius 2 is 1.90 bits per heavy atom. The third-order valence-corrected chi connectivity index (χ3v) is 4.72. The molecule has 1 amide bonds. The van der Waals surface area contributed by atoms with Crippen LogP contribution in [0.4, 0.5) is 13.2 Å². The Balaban J connectivity index is 0.00000204. The summed E-state index contributed by atoms with van der Waals surface area (Å²) in [5.74, 6) is -0.582. The monoisotopic (exact) mass is 441 g/mol. The van der Waals surface area contributed by atoms with Gasteiger partial charge in [-0.25, -0.2) is 4.79 Å². The van der Waals surface area contributed by atoms with Crippen molar-refractivity contribution in [1.82, 2.24) is 14.5 Å². The number of carbonyl (C=O) groups excluding carboxylic acids is 1. The zero-order valence-electron chi connectivity index (χ0n) is 16.3. The summed E-state index contributed by atoms with van der Waals surface area (Å²) in [6.45, 7) is 3.11. The van der Waals surface area contributed by atoms with Crippen LogP contribution in [0.5, 0.6) is 0 Å². The SMILES string of the molecule is CC.COP(/C=C/C1CN(C(=O)C(F)(F)F)CC(n2ccc(=O)[nH]c2=O)O1)OC. The summed E-state index contributed by atoms with van der Waals surface area (Å²) in [6.07, 6.45) is -4.76. The summed E-state index contributed by atoms with van der Waals surface area (Å²) in [5.41, 5.74) is -1.54. The van der Waals surface area contributed by atoms with E-state index < -0.39 is 50.6 Å². The number of alkyl halides is 3. The third kappa shape index (κ3) is 7.07. The Labute approximate surface area is 166 Å². The molecule has 1 aromatic rings. The number of rotatable bonds is 5. The third-order valence-electron chi connectivity index (χ3n) is 3.58. The standard InChI is InChI=1S/C14H17F3N3O6P.C2H6/c1-24-27(25-2)6-4-9-7-19(12(22)14(15,16)17)8-11(26-9)20-5-3-10(21)18-13(20)23;1-2/h3-6,9,11H,7-8H2,1-2H3,(H,18,21,23);1-2H3/b6-4+;. The molecule has 0 aliphatic carbocycles. The molecule has 29 heavy (non-hydrogen) atoms. The number of hydrogen-bond donors (Lipinski definition) is 1. The first kappa shape index (κ1) is 25.0. The number of aromatic nitrogens is 2. The number of nitrogens with zero attached hydrogens (tertiary/aromatic N) is 2. The Kier molecular flexibility index (Phi) is 9.71. The summed E-state index contributed by atoms with van der Waals surface area (Å²) in [6, 6.07) is 1.02. The molecule has 2 unspecified atom stereocenters. The maximum Gasteiger partial charge on any atom is 0.471 e. The Morgan fingerprint density at radius 3 is 2.41 bits per heavy atom. The van der Waals surface area contributed by atoms with Gasteiger partial charge in [0.1, 0.15) is 0 Å². The van der Waals surface area contributed by atoms with Gasteiger partial charge in [-0.2, -0.15) is 13.2 Å². The molecular formula is C16H23F3N3O6P. The van der Waals surface area contributed by atoms with Gasteiger partial charge in [-0.05, 0) is 11.9 Å². The van der Waals surface area contributed by atoms with Crippen molar-refractivity contribution in [2.75, 3.05) is 27.3 Å². The number of H-pyrrole nitrogens is 1. The van der Waals surface area contributed by atoms with E-state index in [-0.39, 0.29) is 6.54 Å². The quantitative estimate of drug-likeness (QED) is 0.701. The zero-order chi connectivity index (χ0) is 22.2. The first-order valence-electron chi connectivity index (χ1n) is 8.54. The number of carbonyl (C=O) groups is 1. The molecule has 1 aliphatic heterocycles. The molecule has 1 saturated heterocycles. The van der Waals surface area contributed by atoms with Gasteiger partial charge in [0.05, 0.1) is 19.2 Å². The van der Waals surface area contributed by atoms with E-state index in [0.717, 1.165) is 16.8 Å². The maximum absolute atomic E-state index is 12.8. The van der Waals surface area contributed by atoms with Crippen LogP contribution in [0.15, 0.2) is 33.7 Å². The average molecular weight is 441 g/mol. The Bertz CT molecular complexity index is 806. The van der Waals surface area contributed by atoms with E-state index in [1.807, 2.05) is 18.8 Å². The van der Waals surface area contributed by atoms with Crippen LogP contribution < -0.4 is 11.2 Å².